The lowest BCUT2D eigenvalue weighted by molar-refractivity contribution is 0.512. The van der Waals surface area contributed by atoms with E-state index >= 15 is 0 Å². The van der Waals surface area contributed by atoms with Gasteiger partial charge in [-0.15, -0.1) is 0 Å². The molecule has 43 heavy (non-hydrogen) atoms. The Morgan fingerprint density at radius 1 is 0.744 bits per heavy atom. The molecule has 2 N–H and O–H groups in total. The average molecular weight is 581 g/mol. The van der Waals surface area contributed by atoms with Crippen LogP contribution in [0.15, 0.2) is 109 Å². The first-order chi connectivity index (χ1) is 20.8. The highest BCUT2D eigenvalue weighted by Crippen LogP contribution is 2.46. The van der Waals surface area contributed by atoms with Crippen LogP contribution in [0.1, 0.15) is 103 Å². The third kappa shape index (κ3) is 9.89. The van der Waals surface area contributed by atoms with Crippen LogP contribution < -0.4 is 4.90 Å². The van der Waals surface area contributed by atoms with E-state index in [1.54, 1.807) is 0 Å². The summed E-state index contributed by atoms with van der Waals surface area (Å²) < 4.78 is 0. The Morgan fingerprint density at radius 2 is 1.26 bits per heavy atom. The van der Waals surface area contributed by atoms with E-state index in [0.29, 0.717) is 5.76 Å². The first-order valence-corrected chi connectivity index (χ1v) is 16.4. The summed E-state index contributed by atoms with van der Waals surface area (Å²) in [6, 6.07) is 25.7. The van der Waals surface area contributed by atoms with Gasteiger partial charge >= 0.3 is 0 Å². The van der Waals surface area contributed by atoms with E-state index in [1.807, 2.05) is 47.6 Å². The topological polar surface area (TPSA) is 26.1 Å². The quantitative estimate of drug-likeness (QED) is 0.148. The summed E-state index contributed by atoms with van der Waals surface area (Å²) in [6.07, 6.45) is 13.7. The summed E-state index contributed by atoms with van der Waals surface area (Å²) in [5.41, 5.74) is 9.72. The van der Waals surface area contributed by atoms with E-state index in [1.165, 1.54) is 28.1 Å². The third-order valence-corrected chi connectivity index (χ3v) is 7.47. The smallest absolute Gasteiger partial charge is 0.261 e. The first kappa shape index (κ1) is 37.2. The van der Waals surface area contributed by atoms with Crippen molar-refractivity contribution in [3.05, 3.63) is 137 Å². The second-order valence-corrected chi connectivity index (χ2v) is 10.2. The van der Waals surface area contributed by atoms with Crippen molar-refractivity contribution in [1.82, 2.24) is 0 Å². The second kappa shape index (κ2) is 19.4. The number of allylic oxidation sites excluding steroid dienone is 7. The van der Waals surface area contributed by atoms with Crippen LogP contribution in [-0.2, 0) is 18.3 Å². The van der Waals surface area contributed by atoms with Gasteiger partial charge in [0.25, 0.3) is 5.76 Å². The van der Waals surface area contributed by atoms with Crippen LogP contribution in [0.5, 0.6) is 0 Å². The lowest BCUT2D eigenvalue weighted by Gasteiger charge is -2.23. The first-order valence-electron chi connectivity index (χ1n) is 16.4. The summed E-state index contributed by atoms with van der Waals surface area (Å²) in [7, 11) is 2.15. The van der Waals surface area contributed by atoms with Crippen molar-refractivity contribution in [3.8, 4) is 0 Å². The Morgan fingerprint density at radius 3 is 1.77 bits per heavy atom. The number of fused-ring (bicyclic) bond motifs is 1. The molecule has 0 saturated carbocycles. The van der Waals surface area contributed by atoms with Gasteiger partial charge in [0.2, 0.25) is 0 Å². The van der Waals surface area contributed by atoms with Crippen molar-refractivity contribution in [2.45, 2.75) is 93.9 Å². The summed E-state index contributed by atoms with van der Waals surface area (Å²) in [5, 5.41) is 8.75. The molecule has 1 heterocycles. The van der Waals surface area contributed by atoms with Gasteiger partial charge in [-0.05, 0) is 71.4 Å². The van der Waals surface area contributed by atoms with Crippen molar-refractivity contribution < 1.29 is 5.11 Å². The summed E-state index contributed by atoms with van der Waals surface area (Å²) in [4.78, 5) is 2.30. The highest BCUT2D eigenvalue weighted by molar-refractivity contribution is 5.81. The molecule has 0 radical (unpaired) electrons. The number of hydrogen-bond donors (Lipinski definition) is 0. The van der Waals surface area contributed by atoms with Gasteiger partial charge in [0.1, 0.15) is 0 Å². The van der Waals surface area contributed by atoms with Crippen LogP contribution in [0.25, 0.3) is 11.3 Å². The van der Waals surface area contributed by atoms with E-state index < -0.39 is 0 Å². The molecule has 0 unspecified atom stereocenters. The van der Waals surface area contributed by atoms with Crippen molar-refractivity contribution in [2.75, 3.05) is 11.9 Å². The Bertz CT molecular complexity index is 1340. The summed E-state index contributed by atoms with van der Waals surface area (Å²) in [5.74, 6) is 0.534. The molecule has 1 aliphatic rings. The van der Waals surface area contributed by atoms with Crippen molar-refractivity contribution in [3.63, 3.8) is 0 Å². The predicted octanol–water partition coefficient (Wildman–Crippen LogP) is 11.3. The zero-order valence-electron chi connectivity index (χ0n) is 28.9. The number of para-hydroxylation sites is 1. The van der Waals surface area contributed by atoms with Crippen LogP contribution in [0.4, 0.5) is 5.69 Å². The molecule has 3 aromatic carbocycles. The predicted molar refractivity (Wildman–Crippen MR) is 195 cm³/mol. The van der Waals surface area contributed by atoms with Crippen LogP contribution in [0.2, 0.25) is 0 Å². The summed E-state index contributed by atoms with van der Waals surface area (Å²) in [6.45, 7) is 20.9. The molecule has 0 atom stereocenters. The van der Waals surface area contributed by atoms with Crippen molar-refractivity contribution >= 4 is 17.0 Å². The number of likely N-dealkylation sites (N-methyl/N-ethyl adjacent to an activating group) is 1. The van der Waals surface area contributed by atoms with E-state index in [4.69, 9.17) is 5.11 Å². The lowest BCUT2D eigenvalue weighted by Crippen LogP contribution is -2.22. The Balaban J connectivity index is 0.00000145. The Labute approximate surface area is 264 Å². The number of benzene rings is 3. The van der Waals surface area contributed by atoms with E-state index in [2.05, 4.69) is 137 Å². The molecular weight excluding hydrogens is 522 g/mol. The molecule has 0 aliphatic carbocycles. The van der Waals surface area contributed by atoms with Gasteiger partial charge in [-0.1, -0.05) is 142 Å². The molecular formula is C41H58NO+. The van der Waals surface area contributed by atoms with E-state index in [9.17, 15) is 0 Å². The van der Waals surface area contributed by atoms with Crippen LogP contribution in [0.3, 0.4) is 0 Å². The van der Waals surface area contributed by atoms with Gasteiger partial charge in [-0.3, -0.25) is 0 Å². The number of hydrogen-bond acceptors (Lipinski definition) is 1. The maximum absolute atomic E-state index is 8.75. The number of aryl methyl sites for hydroxylation is 2. The highest BCUT2D eigenvalue weighted by atomic mass is 16.3. The molecule has 0 bridgehead atoms. The van der Waals surface area contributed by atoms with Crippen molar-refractivity contribution in [1.29, 1.82) is 0 Å². The number of anilines is 1. The standard InChI is InChI=1S/C35H39NO.3C2H6/c1-6-26-17-21-28(22-18-26)30(25-33(37)29-23-19-27(7-2)20-24-29)13-9-8-10-16-34-35(3,4)31-14-11-12-15-32(31)36(34)5;3*1-2/h8,10-25,37H,6-7,9H2,1-5H3;3*1-2H3/p+1/b10-8+,30-13+,33-25-,34-16+;;;. The minimum Gasteiger partial charge on any atom is -0.593 e. The molecule has 4 rings (SSSR count). The van der Waals surface area contributed by atoms with Crippen LogP contribution >= 0.6 is 0 Å². The second-order valence-electron chi connectivity index (χ2n) is 10.2. The fraction of sp³-hybridized carbons (Fsp3) is 0.366. The normalized spacial score (nSPS) is 14.7. The largest absolute Gasteiger partial charge is 0.593 e. The molecule has 0 saturated heterocycles. The van der Waals surface area contributed by atoms with Gasteiger partial charge in [0, 0.05) is 29.9 Å². The molecule has 0 amide bonds. The Kier molecular flexibility index (Phi) is 16.8. The van der Waals surface area contributed by atoms with E-state index in [-0.39, 0.29) is 5.41 Å². The van der Waals surface area contributed by atoms with Gasteiger partial charge in [-0.25, -0.2) is 0 Å². The third-order valence-electron chi connectivity index (χ3n) is 7.47. The molecule has 3 aromatic rings. The number of nitrogens with zero attached hydrogens (tertiary/aromatic N) is 1. The molecule has 2 heteroatoms. The van der Waals surface area contributed by atoms with Crippen molar-refractivity contribution in [2.24, 2.45) is 0 Å². The highest BCUT2D eigenvalue weighted by Gasteiger charge is 2.37. The Hall–Kier alpha value is -3.78. The minimum atomic E-state index is -0.0200. The van der Waals surface area contributed by atoms with E-state index in [0.717, 1.165) is 36.0 Å². The maximum atomic E-state index is 8.75. The number of rotatable bonds is 8. The van der Waals surface area contributed by atoms with Crippen LogP contribution in [-0.4, -0.2) is 12.2 Å². The fourth-order valence-corrected chi connectivity index (χ4v) is 5.09. The van der Waals surface area contributed by atoms with Gasteiger partial charge < -0.3 is 10.0 Å². The average Bonchev–Trinajstić information content (AvgIpc) is 3.27. The zero-order valence-corrected chi connectivity index (χ0v) is 28.9. The molecule has 0 spiro atoms. The minimum absolute atomic E-state index is 0.0200. The monoisotopic (exact) mass is 580 g/mol. The van der Waals surface area contributed by atoms with Crippen LogP contribution in [0, 0.1) is 0 Å². The van der Waals surface area contributed by atoms with Gasteiger partial charge in [0.15, 0.2) is 0 Å². The van der Waals surface area contributed by atoms with Gasteiger partial charge in [-0.2, -0.15) is 0 Å². The van der Waals surface area contributed by atoms with Gasteiger partial charge in [0.05, 0.1) is 5.56 Å². The molecule has 232 valence electrons. The maximum Gasteiger partial charge on any atom is 0.261 e. The molecule has 2 nitrogen and oxygen atoms in total. The lowest BCUT2D eigenvalue weighted by atomic mass is 9.84. The fourth-order valence-electron chi connectivity index (χ4n) is 5.09. The molecule has 1 aliphatic heterocycles. The molecule has 0 aromatic heterocycles. The zero-order chi connectivity index (χ0) is 32.4. The summed E-state index contributed by atoms with van der Waals surface area (Å²) >= 11 is 0. The molecule has 0 fully saturated rings. The SMILES string of the molecule is CC.CC.CC.CCc1ccc(/C([OH2+])=C/C(=C\C/C=C/C=C2/N(C)c3ccccc3C2(C)C)c2ccc(CC)cc2)cc1.